The minimum Gasteiger partial charge on any atom is -0.298 e. The highest BCUT2D eigenvalue weighted by Gasteiger charge is 2.20. The second-order valence-corrected chi connectivity index (χ2v) is 5.61. The lowest BCUT2D eigenvalue weighted by Crippen LogP contribution is -2.50. The van der Waals surface area contributed by atoms with Crippen LogP contribution in [0.1, 0.15) is 19.4 Å². The zero-order valence-corrected chi connectivity index (χ0v) is 12.0. The van der Waals surface area contributed by atoms with Gasteiger partial charge in [-0.3, -0.25) is 14.6 Å². The molecule has 0 atom stereocenters. The Hall–Kier alpha value is -1.19. The molecule has 3 heteroatoms. The van der Waals surface area contributed by atoms with Crippen molar-refractivity contribution in [3.8, 4) is 0 Å². The van der Waals surface area contributed by atoms with Gasteiger partial charge in [0.2, 0.25) is 0 Å². The molecule has 2 rings (SSSR count). The third-order valence-electron chi connectivity index (χ3n) is 3.78. The molecule has 0 N–H and O–H groups in total. The first-order valence-corrected chi connectivity index (χ1v) is 7.17. The van der Waals surface area contributed by atoms with Crippen molar-refractivity contribution in [3.05, 3.63) is 35.9 Å². The van der Waals surface area contributed by atoms with Gasteiger partial charge in [-0.05, 0) is 19.4 Å². The molecular weight excluding hydrogens is 236 g/mol. The van der Waals surface area contributed by atoms with Crippen LogP contribution in [-0.4, -0.2) is 54.3 Å². The van der Waals surface area contributed by atoms with Crippen LogP contribution in [0.15, 0.2) is 30.3 Å². The van der Waals surface area contributed by atoms with Gasteiger partial charge < -0.3 is 0 Å². The highest BCUT2D eigenvalue weighted by Crippen LogP contribution is 2.07. The second-order valence-electron chi connectivity index (χ2n) is 5.61. The van der Waals surface area contributed by atoms with Gasteiger partial charge in [-0.1, -0.05) is 30.3 Å². The molecule has 0 bridgehead atoms. The van der Waals surface area contributed by atoms with E-state index in [4.69, 9.17) is 0 Å². The van der Waals surface area contributed by atoms with Gasteiger partial charge in [-0.25, -0.2) is 0 Å². The number of benzene rings is 1. The Morgan fingerprint density at radius 1 is 1.11 bits per heavy atom. The molecule has 1 saturated heterocycles. The number of carbonyl (C=O) groups is 1. The molecule has 0 saturated carbocycles. The van der Waals surface area contributed by atoms with Gasteiger partial charge in [0.1, 0.15) is 0 Å². The molecule has 0 aliphatic carbocycles. The molecule has 0 aromatic heterocycles. The summed E-state index contributed by atoms with van der Waals surface area (Å²) in [5.41, 5.74) is 1.12. The summed E-state index contributed by atoms with van der Waals surface area (Å²) in [5.74, 6) is 0.323. The standard InChI is InChI=1S/C16H24N2O/c1-14(2)18-10-8-17(9-11-18)13-16(19)12-15-6-4-3-5-7-15/h3-7,14H,8-13H2,1-2H3. The fourth-order valence-electron chi connectivity index (χ4n) is 2.57. The predicted molar refractivity (Wildman–Crippen MR) is 78.3 cm³/mol. The zero-order chi connectivity index (χ0) is 13.7. The van der Waals surface area contributed by atoms with Crippen LogP contribution in [0, 0.1) is 0 Å². The van der Waals surface area contributed by atoms with Crippen molar-refractivity contribution in [2.45, 2.75) is 26.3 Å². The summed E-state index contributed by atoms with van der Waals surface area (Å²) in [4.78, 5) is 16.8. The minimum atomic E-state index is 0.323. The van der Waals surface area contributed by atoms with Crippen LogP contribution in [0.4, 0.5) is 0 Å². The second kappa shape index (κ2) is 6.83. The number of hydrogen-bond acceptors (Lipinski definition) is 3. The Bertz CT molecular complexity index is 394. The van der Waals surface area contributed by atoms with E-state index in [9.17, 15) is 4.79 Å². The summed E-state index contributed by atoms with van der Waals surface area (Å²) in [5, 5.41) is 0. The lowest BCUT2D eigenvalue weighted by atomic mass is 10.1. The highest BCUT2D eigenvalue weighted by molar-refractivity contribution is 5.82. The van der Waals surface area contributed by atoms with Gasteiger partial charge in [-0.15, -0.1) is 0 Å². The predicted octanol–water partition coefficient (Wildman–Crippen LogP) is 1.82. The molecule has 1 aromatic rings. The third-order valence-corrected chi connectivity index (χ3v) is 3.78. The van der Waals surface area contributed by atoms with Crippen molar-refractivity contribution in [3.63, 3.8) is 0 Å². The molecule has 0 spiro atoms. The highest BCUT2D eigenvalue weighted by atomic mass is 16.1. The summed E-state index contributed by atoms with van der Waals surface area (Å²) >= 11 is 0. The maximum Gasteiger partial charge on any atom is 0.151 e. The first kappa shape index (κ1) is 14.2. The van der Waals surface area contributed by atoms with E-state index in [2.05, 4.69) is 23.6 Å². The van der Waals surface area contributed by atoms with E-state index in [1.165, 1.54) is 0 Å². The molecular formula is C16H24N2O. The van der Waals surface area contributed by atoms with Gasteiger partial charge >= 0.3 is 0 Å². The SMILES string of the molecule is CC(C)N1CCN(CC(=O)Cc2ccccc2)CC1. The topological polar surface area (TPSA) is 23.6 Å². The van der Waals surface area contributed by atoms with Crippen LogP contribution >= 0.6 is 0 Å². The number of ketones is 1. The van der Waals surface area contributed by atoms with Crippen molar-refractivity contribution >= 4 is 5.78 Å². The molecule has 0 amide bonds. The Balaban J connectivity index is 1.75. The van der Waals surface area contributed by atoms with E-state index < -0.39 is 0 Å². The summed E-state index contributed by atoms with van der Waals surface area (Å²) in [6.07, 6.45) is 0.561. The van der Waals surface area contributed by atoms with Gasteiger partial charge in [0, 0.05) is 38.6 Å². The number of piperazine rings is 1. The summed E-state index contributed by atoms with van der Waals surface area (Å²) in [6, 6.07) is 10.6. The first-order chi connectivity index (χ1) is 9.15. The van der Waals surface area contributed by atoms with Crippen molar-refractivity contribution in [2.24, 2.45) is 0 Å². The van der Waals surface area contributed by atoms with Crippen molar-refractivity contribution in [2.75, 3.05) is 32.7 Å². The van der Waals surface area contributed by atoms with E-state index in [1.807, 2.05) is 30.3 Å². The number of carbonyl (C=O) groups excluding carboxylic acids is 1. The van der Waals surface area contributed by atoms with E-state index >= 15 is 0 Å². The van der Waals surface area contributed by atoms with E-state index in [0.717, 1.165) is 31.7 Å². The number of Topliss-reactive ketones (excluding diaryl/α,β-unsaturated/α-hetero) is 1. The van der Waals surface area contributed by atoms with Crippen LogP contribution < -0.4 is 0 Å². The maximum atomic E-state index is 12.0. The van der Waals surface area contributed by atoms with E-state index in [1.54, 1.807) is 0 Å². The molecule has 1 aliphatic heterocycles. The number of nitrogens with zero attached hydrogens (tertiary/aromatic N) is 2. The summed E-state index contributed by atoms with van der Waals surface area (Å²) in [7, 11) is 0. The van der Waals surface area contributed by atoms with Gasteiger partial charge in [-0.2, -0.15) is 0 Å². The van der Waals surface area contributed by atoms with Gasteiger partial charge in [0.15, 0.2) is 5.78 Å². The van der Waals surface area contributed by atoms with Crippen LogP contribution in [0.3, 0.4) is 0 Å². The Kier molecular flexibility index (Phi) is 5.11. The summed E-state index contributed by atoms with van der Waals surface area (Å²) in [6.45, 7) is 9.25. The molecule has 104 valence electrons. The van der Waals surface area contributed by atoms with Crippen LogP contribution in [-0.2, 0) is 11.2 Å². The Morgan fingerprint density at radius 3 is 2.32 bits per heavy atom. The molecule has 3 nitrogen and oxygen atoms in total. The Morgan fingerprint density at radius 2 is 1.74 bits per heavy atom. The quantitative estimate of drug-likeness (QED) is 0.807. The van der Waals surface area contributed by atoms with Crippen LogP contribution in [0.5, 0.6) is 0 Å². The molecule has 1 aliphatic rings. The molecule has 1 heterocycles. The van der Waals surface area contributed by atoms with Crippen LogP contribution in [0.25, 0.3) is 0 Å². The largest absolute Gasteiger partial charge is 0.298 e. The zero-order valence-electron chi connectivity index (χ0n) is 12.0. The molecule has 1 fully saturated rings. The van der Waals surface area contributed by atoms with Gasteiger partial charge in [0.25, 0.3) is 0 Å². The fourth-order valence-corrected chi connectivity index (χ4v) is 2.57. The van der Waals surface area contributed by atoms with Crippen LogP contribution in [0.2, 0.25) is 0 Å². The minimum absolute atomic E-state index is 0.323. The van der Waals surface area contributed by atoms with E-state index in [0.29, 0.717) is 24.8 Å². The molecule has 19 heavy (non-hydrogen) atoms. The first-order valence-electron chi connectivity index (χ1n) is 7.17. The smallest absolute Gasteiger partial charge is 0.151 e. The van der Waals surface area contributed by atoms with Gasteiger partial charge in [0.05, 0.1) is 6.54 Å². The average molecular weight is 260 g/mol. The Labute approximate surface area is 116 Å². The third kappa shape index (κ3) is 4.44. The fraction of sp³-hybridized carbons (Fsp3) is 0.562. The number of hydrogen-bond donors (Lipinski definition) is 0. The van der Waals surface area contributed by atoms with Crippen molar-refractivity contribution in [1.82, 2.24) is 9.80 Å². The normalized spacial score (nSPS) is 17.8. The summed E-state index contributed by atoms with van der Waals surface area (Å²) < 4.78 is 0. The lowest BCUT2D eigenvalue weighted by Gasteiger charge is -2.36. The van der Waals surface area contributed by atoms with E-state index in [-0.39, 0.29) is 0 Å². The number of rotatable bonds is 5. The maximum absolute atomic E-state index is 12.0. The molecule has 1 aromatic carbocycles. The van der Waals surface area contributed by atoms with Crippen molar-refractivity contribution in [1.29, 1.82) is 0 Å². The molecule has 0 radical (unpaired) electrons. The van der Waals surface area contributed by atoms with Crippen molar-refractivity contribution < 1.29 is 4.79 Å². The lowest BCUT2D eigenvalue weighted by molar-refractivity contribution is -0.120. The molecule has 0 unspecified atom stereocenters. The average Bonchev–Trinajstić information content (AvgIpc) is 2.40. The monoisotopic (exact) mass is 260 g/mol.